The predicted octanol–water partition coefficient (Wildman–Crippen LogP) is 3.37. The van der Waals surface area contributed by atoms with Gasteiger partial charge in [-0.05, 0) is 25.1 Å². The number of hydrogen-bond donors (Lipinski definition) is 2. The minimum atomic E-state index is -4.49. The fourth-order valence-electron chi connectivity index (χ4n) is 1.86. The van der Waals surface area contributed by atoms with Crippen molar-refractivity contribution in [3.05, 3.63) is 65.7 Å². The molecule has 5 nitrogen and oxygen atoms in total. The Morgan fingerprint density at radius 2 is 1.84 bits per heavy atom. The smallest absolute Gasteiger partial charge is 0.381 e. The van der Waals surface area contributed by atoms with E-state index in [4.69, 9.17) is 10.6 Å². The van der Waals surface area contributed by atoms with Crippen LogP contribution in [0.25, 0.3) is 0 Å². The molecule has 3 N–H and O–H groups in total. The number of amides is 1. The third kappa shape index (κ3) is 5.23. The van der Waals surface area contributed by atoms with E-state index in [0.29, 0.717) is 5.56 Å². The molecule has 0 radical (unpaired) electrons. The highest BCUT2D eigenvalue weighted by Gasteiger charge is 2.30. The highest BCUT2D eigenvalue weighted by Crippen LogP contribution is 2.30. The first-order chi connectivity index (χ1) is 11.8. The predicted molar refractivity (Wildman–Crippen MR) is 87.8 cm³/mol. The molecule has 0 aliphatic rings. The Hall–Kier alpha value is -3.03. The third-order valence-electron chi connectivity index (χ3n) is 3.21. The van der Waals surface area contributed by atoms with E-state index in [1.165, 1.54) is 19.1 Å². The zero-order valence-electron chi connectivity index (χ0n) is 13.2. The fourth-order valence-corrected chi connectivity index (χ4v) is 1.86. The van der Waals surface area contributed by atoms with Crippen LogP contribution in [0.2, 0.25) is 0 Å². The lowest BCUT2D eigenvalue weighted by Gasteiger charge is -2.13. The molecule has 2 aromatic rings. The van der Waals surface area contributed by atoms with E-state index in [2.05, 4.69) is 10.5 Å². The Morgan fingerprint density at radius 3 is 2.48 bits per heavy atom. The van der Waals surface area contributed by atoms with E-state index in [9.17, 15) is 18.0 Å². The standard InChI is InChI=1S/C17H16F3N3O2/c1-11(25-23-15(21)12-6-3-2-4-7-12)16(24)22-14-9-5-8-13(10-14)17(18,19)20/h2-11H,1H3,(H2,21,23)(H,22,24)/t11-/m0/s1. The van der Waals surface area contributed by atoms with Gasteiger partial charge in [0.1, 0.15) is 0 Å². The second-order valence-corrected chi connectivity index (χ2v) is 5.16. The van der Waals surface area contributed by atoms with Gasteiger partial charge in [0, 0.05) is 11.3 Å². The van der Waals surface area contributed by atoms with Gasteiger partial charge < -0.3 is 15.9 Å². The highest BCUT2D eigenvalue weighted by molar-refractivity contribution is 5.97. The monoisotopic (exact) mass is 351 g/mol. The molecule has 0 aliphatic carbocycles. The molecule has 1 amide bonds. The summed E-state index contributed by atoms with van der Waals surface area (Å²) in [4.78, 5) is 17.0. The number of halogens is 3. The van der Waals surface area contributed by atoms with E-state index in [-0.39, 0.29) is 11.5 Å². The summed E-state index contributed by atoms with van der Waals surface area (Å²) < 4.78 is 38.0. The molecule has 0 saturated carbocycles. The van der Waals surface area contributed by atoms with Crippen molar-refractivity contribution in [3.63, 3.8) is 0 Å². The van der Waals surface area contributed by atoms with Crippen molar-refractivity contribution in [1.82, 2.24) is 0 Å². The number of nitrogens with one attached hydrogen (secondary N) is 1. The number of anilines is 1. The number of carbonyl (C=O) groups is 1. The molecule has 0 heterocycles. The van der Waals surface area contributed by atoms with Crippen LogP contribution in [-0.4, -0.2) is 17.8 Å². The molecule has 0 unspecified atom stereocenters. The van der Waals surface area contributed by atoms with Crippen LogP contribution in [0.15, 0.2) is 59.8 Å². The van der Waals surface area contributed by atoms with E-state index < -0.39 is 23.8 Å². The first-order valence-electron chi connectivity index (χ1n) is 7.30. The summed E-state index contributed by atoms with van der Waals surface area (Å²) in [7, 11) is 0. The summed E-state index contributed by atoms with van der Waals surface area (Å²) in [5.41, 5.74) is 5.50. The maximum atomic E-state index is 12.7. The van der Waals surface area contributed by atoms with Crippen LogP contribution < -0.4 is 11.1 Å². The lowest BCUT2D eigenvalue weighted by atomic mass is 10.2. The Bertz CT molecular complexity index is 761. The number of hydrogen-bond acceptors (Lipinski definition) is 3. The summed E-state index contributed by atoms with van der Waals surface area (Å²) in [6.45, 7) is 1.41. The average molecular weight is 351 g/mol. The maximum absolute atomic E-state index is 12.7. The Labute approximate surface area is 142 Å². The van der Waals surface area contributed by atoms with Crippen molar-refractivity contribution >= 4 is 17.4 Å². The molecular weight excluding hydrogens is 335 g/mol. The van der Waals surface area contributed by atoms with Crippen molar-refractivity contribution in [2.24, 2.45) is 10.9 Å². The number of nitrogens with zero attached hydrogens (tertiary/aromatic N) is 1. The van der Waals surface area contributed by atoms with E-state index >= 15 is 0 Å². The lowest BCUT2D eigenvalue weighted by Crippen LogP contribution is -2.27. The molecule has 8 heteroatoms. The van der Waals surface area contributed by atoms with Gasteiger partial charge in [-0.1, -0.05) is 41.6 Å². The van der Waals surface area contributed by atoms with Crippen molar-refractivity contribution in [3.8, 4) is 0 Å². The zero-order chi connectivity index (χ0) is 18.4. The summed E-state index contributed by atoms with van der Waals surface area (Å²) in [6.07, 6.45) is -5.53. The van der Waals surface area contributed by atoms with Crippen LogP contribution in [0.5, 0.6) is 0 Å². The molecule has 0 fully saturated rings. The van der Waals surface area contributed by atoms with Gasteiger partial charge >= 0.3 is 6.18 Å². The van der Waals surface area contributed by atoms with Crippen LogP contribution in [0, 0.1) is 0 Å². The van der Waals surface area contributed by atoms with E-state index in [1.54, 1.807) is 24.3 Å². The number of alkyl halides is 3. The molecule has 1 atom stereocenters. The van der Waals surface area contributed by atoms with Gasteiger partial charge in [-0.3, -0.25) is 4.79 Å². The molecule has 0 spiro atoms. The van der Waals surface area contributed by atoms with Gasteiger partial charge in [-0.2, -0.15) is 13.2 Å². The molecule has 0 bridgehead atoms. The first kappa shape index (κ1) is 18.3. The minimum absolute atomic E-state index is 0.00952. The number of carbonyl (C=O) groups excluding carboxylic acids is 1. The van der Waals surface area contributed by atoms with E-state index in [1.807, 2.05) is 6.07 Å². The van der Waals surface area contributed by atoms with Crippen LogP contribution >= 0.6 is 0 Å². The Kier molecular flexibility index (Phi) is 5.63. The topological polar surface area (TPSA) is 76.7 Å². The molecule has 0 saturated heterocycles. The van der Waals surface area contributed by atoms with Gasteiger partial charge in [-0.15, -0.1) is 0 Å². The zero-order valence-corrected chi connectivity index (χ0v) is 13.2. The van der Waals surface area contributed by atoms with Crippen LogP contribution in [0.3, 0.4) is 0 Å². The van der Waals surface area contributed by atoms with Gasteiger partial charge in [0.15, 0.2) is 5.84 Å². The molecule has 132 valence electrons. The van der Waals surface area contributed by atoms with Crippen LogP contribution in [-0.2, 0) is 15.8 Å². The normalized spacial score (nSPS) is 13.2. The lowest BCUT2D eigenvalue weighted by molar-refractivity contribution is -0.137. The van der Waals surface area contributed by atoms with Crippen LogP contribution in [0.4, 0.5) is 18.9 Å². The average Bonchev–Trinajstić information content (AvgIpc) is 2.59. The SMILES string of the molecule is C[C@H](O/N=C(/N)c1ccccc1)C(=O)Nc1cccc(C(F)(F)F)c1. The molecule has 2 rings (SSSR count). The quantitative estimate of drug-likeness (QED) is 0.493. The molecule has 0 aromatic heterocycles. The van der Waals surface area contributed by atoms with Gasteiger partial charge in [0.2, 0.25) is 6.10 Å². The largest absolute Gasteiger partial charge is 0.416 e. The summed E-state index contributed by atoms with van der Waals surface area (Å²) in [6, 6.07) is 13.1. The number of amidine groups is 1. The Balaban J connectivity index is 1.99. The Morgan fingerprint density at radius 1 is 1.16 bits per heavy atom. The molecular formula is C17H16F3N3O2. The molecule has 25 heavy (non-hydrogen) atoms. The van der Waals surface area contributed by atoms with Crippen molar-refractivity contribution in [2.45, 2.75) is 19.2 Å². The number of nitrogens with two attached hydrogens (primary N) is 1. The number of rotatable bonds is 5. The molecule has 2 aromatic carbocycles. The first-order valence-corrected chi connectivity index (χ1v) is 7.30. The van der Waals surface area contributed by atoms with Crippen LogP contribution in [0.1, 0.15) is 18.1 Å². The van der Waals surface area contributed by atoms with Crippen molar-refractivity contribution in [2.75, 3.05) is 5.32 Å². The van der Waals surface area contributed by atoms with Gasteiger partial charge in [-0.25, -0.2) is 0 Å². The number of benzene rings is 2. The second kappa shape index (κ2) is 7.69. The molecule has 0 aliphatic heterocycles. The second-order valence-electron chi connectivity index (χ2n) is 5.16. The maximum Gasteiger partial charge on any atom is 0.416 e. The minimum Gasteiger partial charge on any atom is -0.381 e. The van der Waals surface area contributed by atoms with Crippen molar-refractivity contribution < 1.29 is 22.8 Å². The summed E-state index contributed by atoms with van der Waals surface area (Å²) >= 11 is 0. The van der Waals surface area contributed by atoms with E-state index in [0.717, 1.165) is 12.1 Å². The highest BCUT2D eigenvalue weighted by atomic mass is 19.4. The summed E-state index contributed by atoms with van der Waals surface area (Å²) in [5.74, 6) is -0.566. The van der Waals surface area contributed by atoms with Gasteiger partial charge in [0.05, 0.1) is 5.56 Å². The van der Waals surface area contributed by atoms with Crippen molar-refractivity contribution in [1.29, 1.82) is 0 Å². The van der Waals surface area contributed by atoms with Gasteiger partial charge in [0.25, 0.3) is 5.91 Å². The fraction of sp³-hybridized carbons (Fsp3) is 0.176. The number of oxime groups is 1. The summed E-state index contributed by atoms with van der Waals surface area (Å²) in [5, 5.41) is 6.01. The third-order valence-corrected chi connectivity index (χ3v) is 3.21.